The summed E-state index contributed by atoms with van der Waals surface area (Å²) in [5, 5.41) is 2.88. The van der Waals surface area contributed by atoms with Crippen LogP contribution in [0.5, 0.6) is 0 Å². The molecule has 0 spiro atoms. The largest absolute Gasteiger partial charge is 0.325 e. The second kappa shape index (κ2) is 9.59. The number of aromatic nitrogens is 1. The minimum atomic E-state index is -0.479. The number of rotatable bonds is 5. The Kier molecular flexibility index (Phi) is 6.78. The molecule has 168 valence electrons. The summed E-state index contributed by atoms with van der Waals surface area (Å²) >= 11 is 10.2. The number of carbonyl (C=O) groups excluding carboxylic acids is 3. The molecule has 33 heavy (non-hydrogen) atoms. The number of nitrogens with one attached hydrogen (secondary N) is 1. The zero-order chi connectivity index (χ0) is 23.7. The van der Waals surface area contributed by atoms with Crippen LogP contribution in [0.3, 0.4) is 0 Å². The van der Waals surface area contributed by atoms with E-state index in [-0.39, 0.29) is 11.4 Å². The van der Waals surface area contributed by atoms with Crippen LogP contribution >= 0.6 is 39.3 Å². The Morgan fingerprint density at radius 2 is 1.76 bits per heavy atom. The van der Waals surface area contributed by atoms with E-state index in [1.807, 2.05) is 44.2 Å². The molecule has 2 heterocycles. The fraction of sp³-hybridized carbons (Fsp3) is 0.125. The highest BCUT2D eigenvalue weighted by Gasteiger charge is 2.36. The van der Waals surface area contributed by atoms with Crippen LogP contribution in [0.1, 0.15) is 17.0 Å². The Hall–Kier alpha value is -2.81. The third-order valence-corrected chi connectivity index (χ3v) is 6.83. The van der Waals surface area contributed by atoms with Crippen molar-refractivity contribution in [3.63, 3.8) is 0 Å². The predicted molar refractivity (Wildman–Crippen MR) is 136 cm³/mol. The van der Waals surface area contributed by atoms with Crippen LogP contribution in [0.4, 0.5) is 10.5 Å². The van der Waals surface area contributed by atoms with E-state index in [0.717, 1.165) is 43.8 Å². The number of thioether (sulfide) groups is 1. The van der Waals surface area contributed by atoms with E-state index in [0.29, 0.717) is 10.7 Å². The van der Waals surface area contributed by atoms with Crippen molar-refractivity contribution in [2.24, 2.45) is 0 Å². The number of anilines is 1. The minimum absolute atomic E-state index is 0.285. The summed E-state index contributed by atoms with van der Waals surface area (Å²) < 4.78 is 2.94. The molecule has 1 aliphatic rings. The lowest BCUT2D eigenvalue weighted by Gasteiger charge is -2.12. The highest BCUT2D eigenvalue weighted by atomic mass is 79.9. The standard InChI is InChI=1S/C24H19BrClN3O3S/c1-14-11-16(15(2)29(14)20-9-5-18(26)6-10-20)12-21-23(31)28(24(32)33-21)13-22(30)27-19-7-3-17(25)4-8-19/h3-12H,13H2,1-2H3,(H,27,30)/b21-12+. The van der Waals surface area contributed by atoms with Gasteiger partial charge in [-0.25, -0.2) is 0 Å². The van der Waals surface area contributed by atoms with Crippen molar-refractivity contribution in [3.05, 3.63) is 85.9 Å². The highest BCUT2D eigenvalue weighted by molar-refractivity contribution is 9.10. The molecule has 9 heteroatoms. The molecule has 0 unspecified atom stereocenters. The van der Waals surface area contributed by atoms with Gasteiger partial charge in [-0.1, -0.05) is 27.5 Å². The van der Waals surface area contributed by atoms with Crippen molar-refractivity contribution in [3.8, 4) is 5.69 Å². The van der Waals surface area contributed by atoms with Gasteiger partial charge < -0.3 is 9.88 Å². The number of amides is 3. The Morgan fingerprint density at radius 1 is 1.09 bits per heavy atom. The fourth-order valence-corrected chi connectivity index (χ4v) is 4.80. The molecule has 2 aromatic carbocycles. The number of halogens is 2. The van der Waals surface area contributed by atoms with Gasteiger partial charge in [-0.05, 0) is 91.8 Å². The summed E-state index contributed by atoms with van der Waals surface area (Å²) in [6, 6.07) is 16.5. The number of aryl methyl sites for hydroxylation is 1. The van der Waals surface area contributed by atoms with Gasteiger partial charge in [0, 0.05) is 32.3 Å². The molecule has 3 aromatic rings. The summed E-state index contributed by atoms with van der Waals surface area (Å²) in [6.07, 6.45) is 1.70. The van der Waals surface area contributed by atoms with E-state index < -0.39 is 17.1 Å². The lowest BCUT2D eigenvalue weighted by molar-refractivity contribution is -0.127. The van der Waals surface area contributed by atoms with Crippen LogP contribution in [0.25, 0.3) is 11.8 Å². The molecular formula is C24H19BrClN3O3S. The van der Waals surface area contributed by atoms with E-state index >= 15 is 0 Å². The quantitative estimate of drug-likeness (QED) is 0.389. The Labute approximate surface area is 208 Å². The second-order valence-electron chi connectivity index (χ2n) is 7.46. The van der Waals surface area contributed by atoms with Gasteiger partial charge in [0.1, 0.15) is 6.54 Å². The van der Waals surface area contributed by atoms with Crippen molar-refractivity contribution in [1.29, 1.82) is 0 Å². The predicted octanol–water partition coefficient (Wildman–Crippen LogP) is 6.19. The number of benzene rings is 2. The molecule has 1 fully saturated rings. The first-order valence-corrected chi connectivity index (χ1v) is 12.0. The maximum atomic E-state index is 12.9. The lowest BCUT2D eigenvalue weighted by Crippen LogP contribution is -2.36. The summed E-state index contributed by atoms with van der Waals surface area (Å²) in [4.78, 5) is 39.0. The first-order chi connectivity index (χ1) is 15.7. The van der Waals surface area contributed by atoms with Crippen LogP contribution in [0.15, 0.2) is 64.0 Å². The SMILES string of the molecule is Cc1cc(/C=C2/SC(=O)N(CC(=O)Nc3ccc(Br)cc3)C2=O)c(C)n1-c1ccc(Cl)cc1. The van der Waals surface area contributed by atoms with E-state index in [1.165, 1.54) is 0 Å². The van der Waals surface area contributed by atoms with E-state index in [1.54, 1.807) is 30.3 Å². The van der Waals surface area contributed by atoms with Gasteiger partial charge in [-0.3, -0.25) is 19.3 Å². The molecule has 0 atom stereocenters. The Morgan fingerprint density at radius 3 is 2.42 bits per heavy atom. The molecular weight excluding hydrogens is 526 g/mol. The van der Waals surface area contributed by atoms with Crippen LogP contribution < -0.4 is 5.32 Å². The maximum absolute atomic E-state index is 12.9. The minimum Gasteiger partial charge on any atom is -0.325 e. The Bertz CT molecular complexity index is 1280. The summed E-state index contributed by atoms with van der Waals surface area (Å²) in [7, 11) is 0. The normalized spacial score (nSPS) is 14.9. The van der Waals surface area contributed by atoms with Gasteiger partial charge in [-0.2, -0.15) is 0 Å². The molecule has 6 nitrogen and oxygen atoms in total. The maximum Gasteiger partial charge on any atom is 0.294 e. The van der Waals surface area contributed by atoms with Crippen LogP contribution in [0.2, 0.25) is 5.02 Å². The second-order valence-corrected chi connectivity index (χ2v) is 9.81. The van der Waals surface area contributed by atoms with Crippen molar-refractivity contribution in [2.75, 3.05) is 11.9 Å². The molecule has 0 aliphatic carbocycles. The van der Waals surface area contributed by atoms with Crippen molar-refractivity contribution < 1.29 is 14.4 Å². The number of hydrogen-bond acceptors (Lipinski definition) is 4. The van der Waals surface area contributed by atoms with Gasteiger partial charge in [0.05, 0.1) is 4.91 Å². The molecule has 0 bridgehead atoms. The van der Waals surface area contributed by atoms with Crippen molar-refractivity contribution in [1.82, 2.24) is 9.47 Å². The fourth-order valence-electron chi connectivity index (χ4n) is 3.58. The molecule has 1 aliphatic heterocycles. The third-order valence-electron chi connectivity index (χ3n) is 5.14. The first kappa shape index (κ1) is 23.4. The van der Waals surface area contributed by atoms with Gasteiger partial charge in [0.15, 0.2) is 0 Å². The number of imide groups is 1. The van der Waals surface area contributed by atoms with Gasteiger partial charge >= 0.3 is 0 Å². The van der Waals surface area contributed by atoms with Crippen molar-refractivity contribution in [2.45, 2.75) is 13.8 Å². The average Bonchev–Trinajstić information content (AvgIpc) is 3.20. The van der Waals surface area contributed by atoms with Crippen LogP contribution in [-0.2, 0) is 9.59 Å². The third kappa shape index (κ3) is 5.08. The zero-order valence-corrected chi connectivity index (χ0v) is 20.9. The molecule has 0 saturated carbocycles. The summed E-state index contributed by atoms with van der Waals surface area (Å²) in [6.45, 7) is 3.57. The lowest BCUT2D eigenvalue weighted by atomic mass is 10.2. The zero-order valence-electron chi connectivity index (χ0n) is 17.8. The number of carbonyl (C=O) groups is 3. The highest BCUT2D eigenvalue weighted by Crippen LogP contribution is 2.34. The van der Waals surface area contributed by atoms with Gasteiger partial charge in [0.2, 0.25) is 5.91 Å². The van der Waals surface area contributed by atoms with Gasteiger partial charge in [-0.15, -0.1) is 0 Å². The first-order valence-electron chi connectivity index (χ1n) is 9.98. The molecule has 1 saturated heterocycles. The molecule has 1 N–H and O–H groups in total. The monoisotopic (exact) mass is 543 g/mol. The average molecular weight is 545 g/mol. The summed E-state index contributed by atoms with van der Waals surface area (Å²) in [5.41, 5.74) is 4.27. The van der Waals surface area contributed by atoms with E-state index in [4.69, 9.17) is 11.6 Å². The van der Waals surface area contributed by atoms with Crippen molar-refractivity contribution >= 4 is 68.1 Å². The van der Waals surface area contributed by atoms with Crippen LogP contribution in [-0.4, -0.2) is 33.1 Å². The Balaban J connectivity index is 1.52. The molecule has 3 amide bonds. The number of nitrogens with zero attached hydrogens (tertiary/aromatic N) is 2. The van der Waals surface area contributed by atoms with E-state index in [9.17, 15) is 14.4 Å². The number of hydrogen-bond donors (Lipinski definition) is 1. The molecule has 4 rings (SSSR count). The molecule has 0 radical (unpaired) electrons. The van der Waals surface area contributed by atoms with Crippen LogP contribution in [0, 0.1) is 13.8 Å². The van der Waals surface area contributed by atoms with E-state index in [2.05, 4.69) is 25.8 Å². The summed E-state index contributed by atoms with van der Waals surface area (Å²) in [5.74, 6) is -0.922. The smallest absolute Gasteiger partial charge is 0.294 e. The topological polar surface area (TPSA) is 71.4 Å². The van der Waals surface area contributed by atoms with Gasteiger partial charge in [0.25, 0.3) is 11.1 Å². The molecule has 1 aromatic heterocycles.